The molecule has 1 amide bonds. The van der Waals surface area contributed by atoms with Gasteiger partial charge in [-0.15, -0.1) is 0 Å². The Labute approximate surface area is 101 Å². The number of carbonyl (C=O) groups excluding carboxylic acids is 1. The molecule has 1 N–H and O–H groups in total. The topological polar surface area (TPSA) is 40.5 Å². The molecule has 17 heavy (non-hydrogen) atoms. The normalized spacial score (nSPS) is 30.1. The number of benzene rings is 1. The van der Waals surface area contributed by atoms with Crippen molar-refractivity contribution in [2.75, 3.05) is 0 Å². The summed E-state index contributed by atoms with van der Waals surface area (Å²) in [4.78, 5) is 13.9. The summed E-state index contributed by atoms with van der Waals surface area (Å²) < 4.78 is 0. The number of carbonyl (C=O) groups is 1. The number of amides is 1. The Kier molecular flexibility index (Phi) is 2.11. The molecular weight excluding hydrogens is 214 g/mol. The summed E-state index contributed by atoms with van der Waals surface area (Å²) in [5.74, 6) is -0.116. The van der Waals surface area contributed by atoms with E-state index < -0.39 is 6.10 Å². The Bertz CT molecular complexity index is 481. The second-order valence-corrected chi connectivity index (χ2v) is 5.66. The molecule has 0 bridgehead atoms. The molecule has 2 atom stereocenters. The summed E-state index contributed by atoms with van der Waals surface area (Å²) in [5, 5.41) is 9.80. The van der Waals surface area contributed by atoms with Gasteiger partial charge in [0.15, 0.2) is 0 Å². The van der Waals surface area contributed by atoms with E-state index in [9.17, 15) is 9.90 Å². The molecule has 3 rings (SSSR count). The van der Waals surface area contributed by atoms with Crippen LogP contribution in [-0.2, 0) is 11.2 Å². The molecule has 0 spiro atoms. The molecule has 1 saturated heterocycles. The van der Waals surface area contributed by atoms with Gasteiger partial charge in [-0.2, -0.15) is 0 Å². The van der Waals surface area contributed by atoms with Crippen LogP contribution < -0.4 is 0 Å². The first-order valence-corrected chi connectivity index (χ1v) is 6.10. The number of fused-ring (bicyclic) bond motifs is 3. The van der Waals surface area contributed by atoms with Gasteiger partial charge < -0.3 is 10.0 Å². The molecular formula is C14H17NO2. The van der Waals surface area contributed by atoms with Crippen LogP contribution in [0.4, 0.5) is 0 Å². The fourth-order valence-corrected chi connectivity index (χ4v) is 3.29. The highest BCUT2D eigenvalue weighted by atomic mass is 16.3. The lowest BCUT2D eigenvalue weighted by Gasteiger charge is -2.45. The van der Waals surface area contributed by atoms with Crippen LogP contribution in [0.3, 0.4) is 0 Å². The van der Waals surface area contributed by atoms with Crippen LogP contribution in [0.1, 0.15) is 37.4 Å². The first-order chi connectivity index (χ1) is 8.00. The first-order valence-electron chi connectivity index (χ1n) is 6.10. The molecule has 2 heterocycles. The zero-order chi connectivity index (χ0) is 12.2. The largest absolute Gasteiger partial charge is 0.383 e. The highest BCUT2D eigenvalue weighted by Crippen LogP contribution is 2.45. The number of nitrogens with zero attached hydrogens (tertiary/aromatic N) is 1. The van der Waals surface area contributed by atoms with Gasteiger partial charge in [-0.05, 0) is 31.4 Å². The van der Waals surface area contributed by atoms with Gasteiger partial charge in [0.05, 0.1) is 6.04 Å². The molecule has 2 aliphatic heterocycles. The number of hydrogen-bond acceptors (Lipinski definition) is 2. The number of rotatable bonds is 0. The fraction of sp³-hybridized carbons (Fsp3) is 0.500. The minimum Gasteiger partial charge on any atom is -0.383 e. The van der Waals surface area contributed by atoms with E-state index in [-0.39, 0.29) is 17.5 Å². The predicted molar refractivity (Wildman–Crippen MR) is 64.4 cm³/mol. The number of hydrogen-bond donors (Lipinski definition) is 1. The molecule has 0 aromatic heterocycles. The van der Waals surface area contributed by atoms with Crippen molar-refractivity contribution in [2.45, 2.75) is 44.4 Å². The summed E-state index contributed by atoms with van der Waals surface area (Å²) in [5.41, 5.74) is 2.31. The van der Waals surface area contributed by atoms with Crippen molar-refractivity contribution in [1.29, 1.82) is 0 Å². The van der Waals surface area contributed by atoms with Gasteiger partial charge >= 0.3 is 0 Å². The number of aliphatic hydroxyl groups is 1. The van der Waals surface area contributed by atoms with Gasteiger partial charge in [0.2, 0.25) is 0 Å². The monoisotopic (exact) mass is 231 g/mol. The molecule has 1 aromatic rings. The van der Waals surface area contributed by atoms with Crippen molar-refractivity contribution in [3.63, 3.8) is 0 Å². The average Bonchev–Trinajstić information content (AvgIpc) is 2.56. The third-order valence-corrected chi connectivity index (χ3v) is 3.97. The van der Waals surface area contributed by atoms with E-state index in [1.807, 2.05) is 17.0 Å². The average molecular weight is 231 g/mol. The molecule has 1 fully saturated rings. The Balaban J connectivity index is 2.14. The van der Waals surface area contributed by atoms with Crippen LogP contribution in [0.5, 0.6) is 0 Å². The van der Waals surface area contributed by atoms with Crippen LogP contribution in [0.25, 0.3) is 0 Å². The van der Waals surface area contributed by atoms with Crippen LogP contribution in [0, 0.1) is 0 Å². The van der Waals surface area contributed by atoms with Crippen molar-refractivity contribution >= 4 is 5.91 Å². The third kappa shape index (κ3) is 1.42. The Morgan fingerprint density at radius 3 is 2.82 bits per heavy atom. The van der Waals surface area contributed by atoms with Crippen LogP contribution in [0.2, 0.25) is 0 Å². The smallest absolute Gasteiger partial charge is 0.252 e. The minimum absolute atomic E-state index is 0.0532. The maximum atomic E-state index is 12.0. The van der Waals surface area contributed by atoms with E-state index in [0.717, 1.165) is 6.42 Å². The van der Waals surface area contributed by atoms with E-state index in [1.54, 1.807) is 0 Å². The van der Waals surface area contributed by atoms with Crippen molar-refractivity contribution in [1.82, 2.24) is 4.90 Å². The number of aliphatic hydroxyl groups excluding tert-OH is 1. The van der Waals surface area contributed by atoms with Gasteiger partial charge in [-0.1, -0.05) is 24.3 Å². The van der Waals surface area contributed by atoms with Crippen molar-refractivity contribution in [3.05, 3.63) is 35.4 Å². The molecule has 3 nitrogen and oxygen atoms in total. The minimum atomic E-state index is -0.828. The summed E-state index contributed by atoms with van der Waals surface area (Å²) in [7, 11) is 0. The molecule has 90 valence electrons. The van der Waals surface area contributed by atoms with Crippen molar-refractivity contribution < 1.29 is 9.90 Å². The van der Waals surface area contributed by atoms with Gasteiger partial charge in [0, 0.05) is 12.0 Å². The Morgan fingerprint density at radius 1 is 1.35 bits per heavy atom. The zero-order valence-electron chi connectivity index (χ0n) is 10.2. The van der Waals surface area contributed by atoms with E-state index in [4.69, 9.17) is 0 Å². The van der Waals surface area contributed by atoms with Gasteiger partial charge in [-0.3, -0.25) is 4.79 Å². The molecule has 0 radical (unpaired) electrons. The molecule has 0 unspecified atom stereocenters. The predicted octanol–water partition coefficient (Wildman–Crippen LogP) is 1.66. The molecule has 0 aliphatic carbocycles. The second-order valence-electron chi connectivity index (χ2n) is 5.66. The third-order valence-electron chi connectivity index (χ3n) is 3.97. The zero-order valence-corrected chi connectivity index (χ0v) is 10.2. The molecule has 2 aliphatic rings. The van der Waals surface area contributed by atoms with Gasteiger partial charge in [-0.25, -0.2) is 0 Å². The molecule has 1 aromatic carbocycles. The summed E-state index contributed by atoms with van der Waals surface area (Å²) in [6, 6.07) is 8.30. The summed E-state index contributed by atoms with van der Waals surface area (Å²) in [6.45, 7) is 4.15. The van der Waals surface area contributed by atoms with Gasteiger partial charge in [0.25, 0.3) is 5.91 Å². The van der Waals surface area contributed by atoms with Crippen LogP contribution in [-0.4, -0.2) is 27.6 Å². The second kappa shape index (κ2) is 3.33. The van der Waals surface area contributed by atoms with Crippen LogP contribution >= 0.6 is 0 Å². The maximum absolute atomic E-state index is 12.0. The highest BCUT2D eigenvalue weighted by molar-refractivity contribution is 5.85. The van der Waals surface area contributed by atoms with Crippen LogP contribution in [0.15, 0.2) is 24.3 Å². The summed E-state index contributed by atoms with van der Waals surface area (Å²) >= 11 is 0. The highest BCUT2D eigenvalue weighted by Gasteiger charge is 2.49. The quantitative estimate of drug-likeness (QED) is 0.737. The molecule has 0 saturated carbocycles. The molecule has 3 heteroatoms. The lowest BCUT2D eigenvalue weighted by Crippen LogP contribution is -2.51. The van der Waals surface area contributed by atoms with E-state index in [1.165, 1.54) is 11.1 Å². The van der Waals surface area contributed by atoms with Gasteiger partial charge in [0.1, 0.15) is 6.10 Å². The summed E-state index contributed by atoms with van der Waals surface area (Å²) in [6.07, 6.45) is 0.558. The first kappa shape index (κ1) is 10.8. The van der Waals surface area contributed by atoms with E-state index in [0.29, 0.717) is 6.42 Å². The lowest BCUT2D eigenvalue weighted by molar-refractivity contribution is -0.140. The Hall–Kier alpha value is -1.35. The van der Waals surface area contributed by atoms with E-state index >= 15 is 0 Å². The fourth-order valence-electron chi connectivity index (χ4n) is 3.29. The van der Waals surface area contributed by atoms with Crippen molar-refractivity contribution in [2.24, 2.45) is 0 Å². The van der Waals surface area contributed by atoms with Crippen molar-refractivity contribution in [3.8, 4) is 0 Å². The SMILES string of the molecule is CC1(C)Cc2ccccc2[C@@H]2C[C@H](O)C(=O)N21. The maximum Gasteiger partial charge on any atom is 0.252 e. The Morgan fingerprint density at radius 2 is 2.06 bits per heavy atom. The lowest BCUT2D eigenvalue weighted by atomic mass is 9.82. The standard InChI is InChI=1S/C14H17NO2/c1-14(2)8-9-5-3-4-6-10(9)11-7-12(16)13(17)15(11)14/h3-6,11-12,16H,7-8H2,1-2H3/t11-,12-/m0/s1. The van der Waals surface area contributed by atoms with E-state index in [2.05, 4.69) is 26.0 Å².